The van der Waals surface area contributed by atoms with Gasteiger partial charge in [-0.2, -0.15) is 0 Å². The molecule has 0 unspecified atom stereocenters. The molecule has 8 heteroatoms. The molecule has 0 bridgehead atoms. The molecule has 1 aliphatic rings. The fraction of sp³-hybridized carbons (Fsp3) is 0.148. The van der Waals surface area contributed by atoms with Crippen LogP contribution in [0.4, 0.5) is 10.5 Å². The van der Waals surface area contributed by atoms with Crippen LogP contribution in [-0.2, 0) is 16.0 Å². The number of nitrogens with zero attached hydrogens (tertiary/aromatic N) is 1. The molecule has 0 saturated carbocycles. The molecule has 2 N–H and O–H groups in total. The zero-order valence-corrected chi connectivity index (χ0v) is 21.6. The van der Waals surface area contributed by atoms with Crippen molar-refractivity contribution in [2.75, 3.05) is 11.9 Å². The van der Waals surface area contributed by atoms with Crippen molar-refractivity contribution in [2.45, 2.75) is 20.3 Å². The molecular weight excluding hydrogens is 528 g/mol. The minimum Gasteiger partial charge on any atom is -0.506 e. The van der Waals surface area contributed by atoms with Crippen LogP contribution in [0.15, 0.2) is 70.0 Å². The molecule has 6 nitrogen and oxygen atoms in total. The van der Waals surface area contributed by atoms with Gasteiger partial charge < -0.3 is 10.4 Å². The van der Waals surface area contributed by atoms with E-state index >= 15 is 0 Å². The molecule has 3 aromatic rings. The molecule has 35 heavy (non-hydrogen) atoms. The van der Waals surface area contributed by atoms with Crippen molar-refractivity contribution in [3.63, 3.8) is 0 Å². The molecule has 0 radical (unpaired) electrons. The lowest BCUT2D eigenvalue weighted by atomic mass is 10.0. The number of aryl methyl sites for hydroxylation is 2. The summed E-state index contributed by atoms with van der Waals surface area (Å²) in [5, 5.41) is 12.7. The Kier molecular flexibility index (Phi) is 7.42. The SMILES string of the molecule is Cc1ccc(NC(=O)CN2C(=O)S/C(=C\c3cc(Cc4ccccc4)cc(Br)c3O)C2=O)cc1C. The second-order valence-corrected chi connectivity index (χ2v) is 10.1. The smallest absolute Gasteiger partial charge is 0.294 e. The van der Waals surface area contributed by atoms with Crippen LogP contribution in [-0.4, -0.2) is 33.6 Å². The number of imide groups is 1. The number of hydrogen-bond acceptors (Lipinski definition) is 5. The number of aromatic hydroxyl groups is 1. The molecule has 3 amide bonds. The van der Waals surface area contributed by atoms with Gasteiger partial charge in [0.2, 0.25) is 5.91 Å². The number of phenolic OH excluding ortho intramolecular Hbond substituents is 1. The normalized spacial score (nSPS) is 14.6. The van der Waals surface area contributed by atoms with Crippen LogP contribution in [0.3, 0.4) is 0 Å². The number of benzene rings is 3. The summed E-state index contributed by atoms with van der Waals surface area (Å²) < 4.78 is 0.490. The van der Waals surface area contributed by atoms with Gasteiger partial charge >= 0.3 is 0 Å². The monoisotopic (exact) mass is 550 g/mol. The Bertz CT molecular complexity index is 1350. The zero-order valence-electron chi connectivity index (χ0n) is 19.2. The third-order valence-electron chi connectivity index (χ3n) is 5.66. The molecule has 0 aromatic heterocycles. The number of rotatable bonds is 6. The molecule has 1 heterocycles. The van der Waals surface area contributed by atoms with E-state index in [1.54, 1.807) is 12.1 Å². The minimum atomic E-state index is -0.570. The Morgan fingerprint density at radius 2 is 1.77 bits per heavy atom. The number of halogens is 1. The van der Waals surface area contributed by atoms with E-state index in [1.807, 2.05) is 62.4 Å². The zero-order chi connectivity index (χ0) is 25.1. The average molecular weight is 551 g/mol. The second kappa shape index (κ2) is 10.5. The molecule has 0 atom stereocenters. The molecule has 1 saturated heterocycles. The summed E-state index contributed by atoms with van der Waals surface area (Å²) in [5.74, 6) is -1.06. The Labute approximate surface area is 216 Å². The van der Waals surface area contributed by atoms with Crippen molar-refractivity contribution in [2.24, 2.45) is 0 Å². The van der Waals surface area contributed by atoms with Crippen molar-refractivity contribution in [1.82, 2.24) is 4.90 Å². The number of carbonyl (C=O) groups excluding carboxylic acids is 3. The Morgan fingerprint density at radius 1 is 1.03 bits per heavy atom. The van der Waals surface area contributed by atoms with Crippen molar-refractivity contribution in [3.8, 4) is 5.75 Å². The molecule has 3 aromatic carbocycles. The van der Waals surface area contributed by atoms with Crippen LogP contribution in [0.25, 0.3) is 6.08 Å². The van der Waals surface area contributed by atoms with E-state index in [0.29, 0.717) is 22.1 Å². The predicted octanol–water partition coefficient (Wildman–Crippen LogP) is 6.04. The number of thioether (sulfide) groups is 1. The van der Waals surface area contributed by atoms with Gasteiger partial charge in [0, 0.05) is 11.3 Å². The highest BCUT2D eigenvalue weighted by Crippen LogP contribution is 2.37. The summed E-state index contributed by atoms with van der Waals surface area (Å²) in [7, 11) is 0. The fourth-order valence-electron chi connectivity index (χ4n) is 3.66. The maximum absolute atomic E-state index is 12.9. The lowest BCUT2D eigenvalue weighted by Gasteiger charge is -2.13. The lowest BCUT2D eigenvalue weighted by molar-refractivity contribution is -0.127. The van der Waals surface area contributed by atoms with Gasteiger partial charge in [0.1, 0.15) is 12.3 Å². The van der Waals surface area contributed by atoms with Crippen molar-refractivity contribution >= 4 is 56.5 Å². The first-order valence-electron chi connectivity index (χ1n) is 10.9. The predicted molar refractivity (Wildman–Crippen MR) is 142 cm³/mol. The van der Waals surface area contributed by atoms with E-state index in [9.17, 15) is 19.5 Å². The van der Waals surface area contributed by atoms with E-state index in [-0.39, 0.29) is 10.7 Å². The molecule has 0 spiro atoms. The number of anilines is 1. The van der Waals surface area contributed by atoms with Crippen LogP contribution in [0.2, 0.25) is 0 Å². The minimum absolute atomic E-state index is 0.0268. The first kappa shape index (κ1) is 24.8. The quantitative estimate of drug-likeness (QED) is 0.365. The van der Waals surface area contributed by atoms with Gasteiger partial charge in [-0.3, -0.25) is 19.3 Å². The summed E-state index contributed by atoms with van der Waals surface area (Å²) in [6, 6.07) is 19.0. The number of phenols is 1. The average Bonchev–Trinajstić information content (AvgIpc) is 3.07. The highest BCUT2D eigenvalue weighted by Gasteiger charge is 2.36. The molecule has 1 aliphatic heterocycles. The maximum atomic E-state index is 12.9. The van der Waals surface area contributed by atoms with Crippen molar-refractivity contribution in [1.29, 1.82) is 0 Å². The highest BCUT2D eigenvalue weighted by atomic mass is 79.9. The summed E-state index contributed by atoms with van der Waals surface area (Å²) in [6.45, 7) is 3.52. The molecular formula is C27H23BrN2O4S. The first-order chi connectivity index (χ1) is 16.7. The van der Waals surface area contributed by atoms with Crippen LogP contribution in [0.1, 0.15) is 27.8 Å². The number of nitrogens with one attached hydrogen (secondary N) is 1. The van der Waals surface area contributed by atoms with E-state index < -0.39 is 23.6 Å². The van der Waals surface area contributed by atoms with E-state index in [2.05, 4.69) is 21.2 Å². The van der Waals surface area contributed by atoms with Gasteiger partial charge in [-0.15, -0.1) is 0 Å². The van der Waals surface area contributed by atoms with Crippen molar-refractivity contribution < 1.29 is 19.5 Å². The topological polar surface area (TPSA) is 86.7 Å². The van der Waals surface area contributed by atoms with E-state index in [0.717, 1.165) is 38.9 Å². The van der Waals surface area contributed by atoms with Gasteiger partial charge in [-0.1, -0.05) is 36.4 Å². The van der Waals surface area contributed by atoms with E-state index in [1.165, 1.54) is 6.08 Å². The first-order valence-corrected chi connectivity index (χ1v) is 12.5. The standard InChI is InChI=1S/C27H23BrN2O4S/c1-16-8-9-21(10-17(16)2)29-24(31)15-30-26(33)23(35-27(30)34)14-20-12-19(13-22(28)25(20)32)11-18-6-4-3-5-7-18/h3-10,12-14,32H,11,15H2,1-2H3,(H,29,31)/b23-14-. The fourth-order valence-corrected chi connectivity index (χ4v) is 5.02. The largest absolute Gasteiger partial charge is 0.506 e. The molecule has 4 rings (SSSR count). The Hall–Kier alpha value is -3.36. The number of hydrogen-bond donors (Lipinski definition) is 2. The molecule has 0 aliphatic carbocycles. The summed E-state index contributed by atoms with van der Waals surface area (Å²) in [4.78, 5) is 39.0. The highest BCUT2D eigenvalue weighted by molar-refractivity contribution is 9.10. The Morgan fingerprint density at radius 3 is 2.49 bits per heavy atom. The van der Waals surface area contributed by atoms with Crippen LogP contribution in [0, 0.1) is 13.8 Å². The van der Waals surface area contributed by atoms with Gasteiger partial charge in [0.15, 0.2) is 0 Å². The maximum Gasteiger partial charge on any atom is 0.294 e. The van der Waals surface area contributed by atoms with Crippen LogP contribution in [0.5, 0.6) is 5.75 Å². The van der Waals surface area contributed by atoms with Crippen LogP contribution < -0.4 is 5.32 Å². The summed E-state index contributed by atoms with van der Waals surface area (Å²) in [5.41, 5.74) is 5.17. The van der Waals surface area contributed by atoms with Crippen molar-refractivity contribution in [3.05, 3.63) is 97.9 Å². The molecule has 178 valence electrons. The van der Waals surface area contributed by atoms with Gasteiger partial charge in [0.25, 0.3) is 11.1 Å². The second-order valence-electron chi connectivity index (χ2n) is 8.29. The lowest BCUT2D eigenvalue weighted by Crippen LogP contribution is -2.36. The van der Waals surface area contributed by atoms with Gasteiger partial charge in [-0.05, 0) is 101 Å². The Balaban J connectivity index is 1.51. The summed E-state index contributed by atoms with van der Waals surface area (Å²) >= 11 is 4.12. The van der Waals surface area contributed by atoms with E-state index in [4.69, 9.17) is 0 Å². The van der Waals surface area contributed by atoms with Crippen LogP contribution >= 0.6 is 27.7 Å². The van der Waals surface area contributed by atoms with Gasteiger partial charge in [-0.25, -0.2) is 0 Å². The third kappa shape index (κ3) is 5.83. The number of carbonyl (C=O) groups is 3. The third-order valence-corrected chi connectivity index (χ3v) is 7.17. The number of amides is 3. The molecule has 1 fully saturated rings. The summed E-state index contributed by atoms with van der Waals surface area (Å²) in [6.07, 6.45) is 2.13. The van der Waals surface area contributed by atoms with Gasteiger partial charge in [0.05, 0.1) is 9.38 Å².